The normalized spacial score (nSPS) is 32.1. The Hall–Kier alpha value is -0.770. The van der Waals surface area contributed by atoms with Crippen LogP contribution in [0.5, 0.6) is 0 Å². The van der Waals surface area contributed by atoms with Gasteiger partial charge in [0.2, 0.25) is 0 Å². The predicted molar refractivity (Wildman–Crippen MR) is 46.3 cm³/mol. The highest BCUT2D eigenvalue weighted by Crippen LogP contribution is 2.14. The third kappa shape index (κ3) is 1.53. The maximum Gasteiger partial charge on any atom is 0.407 e. The van der Waals surface area contributed by atoms with Crippen LogP contribution in [0.1, 0.15) is 13.8 Å². The summed E-state index contributed by atoms with van der Waals surface area (Å²) in [5.74, 6) is 0. The summed E-state index contributed by atoms with van der Waals surface area (Å²) >= 11 is 0. The van der Waals surface area contributed by atoms with Gasteiger partial charge in [0.05, 0.1) is 0 Å². The summed E-state index contributed by atoms with van der Waals surface area (Å²) in [6.45, 7) is 5.46. The largest absolute Gasteiger partial charge is 0.465 e. The van der Waals surface area contributed by atoms with Crippen LogP contribution in [0.4, 0.5) is 4.79 Å². The SMILES string of the molecule is C[C@@H]1[C@H](C)N(C(=O)O)CCN1C. The molecule has 1 aliphatic heterocycles. The minimum absolute atomic E-state index is 0.0984. The van der Waals surface area contributed by atoms with Crippen molar-refractivity contribution in [1.29, 1.82) is 0 Å². The van der Waals surface area contributed by atoms with Gasteiger partial charge in [0.25, 0.3) is 0 Å². The lowest BCUT2D eigenvalue weighted by molar-refractivity contribution is 0.0517. The average molecular weight is 172 g/mol. The molecule has 0 aromatic carbocycles. The van der Waals surface area contributed by atoms with Gasteiger partial charge in [0, 0.05) is 25.2 Å². The van der Waals surface area contributed by atoms with Crippen LogP contribution < -0.4 is 0 Å². The molecule has 1 N–H and O–H groups in total. The molecule has 1 rings (SSSR count). The summed E-state index contributed by atoms with van der Waals surface area (Å²) in [5.41, 5.74) is 0. The lowest BCUT2D eigenvalue weighted by atomic mass is 10.1. The first-order valence-electron chi connectivity index (χ1n) is 4.24. The summed E-state index contributed by atoms with van der Waals surface area (Å²) in [4.78, 5) is 14.4. The van der Waals surface area contributed by atoms with Gasteiger partial charge in [-0.2, -0.15) is 0 Å². The monoisotopic (exact) mass is 172 g/mol. The molecule has 0 unspecified atom stereocenters. The molecular weight excluding hydrogens is 156 g/mol. The lowest BCUT2D eigenvalue weighted by Gasteiger charge is -2.41. The van der Waals surface area contributed by atoms with Gasteiger partial charge in [0.15, 0.2) is 0 Å². The molecule has 0 aromatic heterocycles. The molecular formula is C8H16N2O2. The van der Waals surface area contributed by atoms with E-state index in [0.29, 0.717) is 12.6 Å². The van der Waals surface area contributed by atoms with Crippen LogP contribution in [0.2, 0.25) is 0 Å². The second kappa shape index (κ2) is 3.31. The average Bonchev–Trinajstić information content (AvgIpc) is 2.00. The van der Waals surface area contributed by atoms with E-state index in [2.05, 4.69) is 11.8 Å². The van der Waals surface area contributed by atoms with Crippen molar-refractivity contribution >= 4 is 6.09 Å². The van der Waals surface area contributed by atoms with Crippen molar-refractivity contribution in [3.05, 3.63) is 0 Å². The molecule has 70 valence electrons. The molecule has 1 fully saturated rings. The summed E-state index contributed by atoms with van der Waals surface area (Å²) in [7, 11) is 2.03. The van der Waals surface area contributed by atoms with Gasteiger partial charge in [-0.05, 0) is 20.9 Å². The van der Waals surface area contributed by atoms with E-state index in [0.717, 1.165) is 6.54 Å². The van der Waals surface area contributed by atoms with Crippen LogP contribution in [0.25, 0.3) is 0 Å². The fraction of sp³-hybridized carbons (Fsp3) is 0.875. The predicted octanol–water partition coefficient (Wildman–Crippen LogP) is 0.689. The van der Waals surface area contributed by atoms with Crippen molar-refractivity contribution in [1.82, 2.24) is 9.80 Å². The zero-order valence-corrected chi connectivity index (χ0v) is 7.82. The number of carboxylic acid groups (broad SMARTS) is 1. The van der Waals surface area contributed by atoms with E-state index in [-0.39, 0.29) is 6.04 Å². The van der Waals surface area contributed by atoms with Crippen molar-refractivity contribution in [2.24, 2.45) is 0 Å². The van der Waals surface area contributed by atoms with Gasteiger partial charge in [-0.15, -0.1) is 0 Å². The minimum atomic E-state index is -0.803. The quantitative estimate of drug-likeness (QED) is 0.584. The van der Waals surface area contributed by atoms with Crippen LogP contribution >= 0.6 is 0 Å². The Labute approximate surface area is 72.8 Å². The molecule has 1 amide bonds. The highest BCUT2D eigenvalue weighted by atomic mass is 16.4. The molecule has 4 nitrogen and oxygen atoms in total. The number of rotatable bonds is 0. The van der Waals surface area contributed by atoms with Crippen molar-refractivity contribution in [3.63, 3.8) is 0 Å². The molecule has 0 saturated carbocycles. The molecule has 1 aliphatic rings. The Bertz CT molecular complexity index is 184. The van der Waals surface area contributed by atoms with Crippen LogP contribution in [-0.4, -0.2) is 53.2 Å². The maximum absolute atomic E-state index is 10.7. The number of hydrogen-bond donors (Lipinski definition) is 1. The van der Waals surface area contributed by atoms with Crippen molar-refractivity contribution in [2.45, 2.75) is 25.9 Å². The molecule has 0 spiro atoms. The van der Waals surface area contributed by atoms with Gasteiger partial charge in [-0.3, -0.25) is 4.90 Å². The Morgan fingerprint density at radius 1 is 1.33 bits per heavy atom. The summed E-state index contributed by atoms with van der Waals surface area (Å²) in [6, 6.07) is 0.413. The summed E-state index contributed by atoms with van der Waals surface area (Å²) in [6.07, 6.45) is -0.803. The molecule has 0 radical (unpaired) electrons. The number of amides is 1. The van der Waals surface area contributed by atoms with Crippen LogP contribution in [0.15, 0.2) is 0 Å². The van der Waals surface area contributed by atoms with Crippen molar-refractivity contribution < 1.29 is 9.90 Å². The van der Waals surface area contributed by atoms with Crippen LogP contribution in [-0.2, 0) is 0 Å². The topological polar surface area (TPSA) is 43.8 Å². The maximum atomic E-state index is 10.7. The minimum Gasteiger partial charge on any atom is -0.465 e. The number of carbonyl (C=O) groups is 1. The fourth-order valence-electron chi connectivity index (χ4n) is 1.57. The highest BCUT2D eigenvalue weighted by Gasteiger charge is 2.30. The Morgan fingerprint density at radius 2 is 1.92 bits per heavy atom. The van der Waals surface area contributed by atoms with Crippen molar-refractivity contribution in [2.75, 3.05) is 20.1 Å². The molecule has 2 atom stereocenters. The fourth-order valence-corrected chi connectivity index (χ4v) is 1.57. The highest BCUT2D eigenvalue weighted by molar-refractivity contribution is 5.65. The van der Waals surface area contributed by atoms with E-state index in [1.165, 1.54) is 4.90 Å². The van der Waals surface area contributed by atoms with Gasteiger partial charge in [-0.1, -0.05) is 0 Å². The van der Waals surface area contributed by atoms with E-state index in [1.807, 2.05) is 14.0 Å². The number of nitrogens with zero attached hydrogens (tertiary/aromatic N) is 2. The molecule has 1 saturated heterocycles. The van der Waals surface area contributed by atoms with Gasteiger partial charge >= 0.3 is 6.09 Å². The zero-order chi connectivity index (χ0) is 9.30. The third-order valence-electron chi connectivity index (χ3n) is 2.82. The molecule has 0 aromatic rings. The van der Waals surface area contributed by atoms with Crippen molar-refractivity contribution in [3.8, 4) is 0 Å². The van der Waals surface area contributed by atoms with Crippen LogP contribution in [0, 0.1) is 0 Å². The smallest absolute Gasteiger partial charge is 0.407 e. The Kier molecular flexibility index (Phi) is 2.57. The first kappa shape index (κ1) is 9.32. The Balaban J connectivity index is 2.65. The van der Waals surface area contributed by atoms with E-state index in [9.17, 15) is 4.79 Å². The van der Waals surface area contributed by atoms with E-state index >= 15 is 0 Å². The number of piperazine rings is 1. The second-order valence-electron chi connectivity index (χ2n) is 3.44. The van der Waals surface area contributed by atoms with E-state index in [1.54, 1.807) is 0 Å². The zero-order valence-electron chi connectivity index (χ0n) is 7.82. The van der Waals surface area contributed by atoms with Crippen LogP contribution in [0.3, 0.4) is 0 Å². The third-order valence-corrected chi connectivity index (χ3v) is 2.82. The van der Waals surface area contributed by atoms with Gasteiger partial charge in [0.1, 0.15) is 0 Å². The molecule has 1 heterocycles. The first-order chi connectivity index (χ1) is 5.54. The van der Waals surface area contributed by atoms with Gasteiger partial charge in [-0.25, -0.2) is 4.79 Å². The molecule has 0 aliphatic carbocycles. The number of hydrogen-bond acceptors (Lipinski definition) is 2. The molecule has 0 bridgehead atoms. The van der Waals surface area contributed by atoms with Gasteiger partial charge < -0.3 is 10.0 Å². The number of likely N-dealkylation sites (N-methyl/N-ethyl adjacent to an activating group) is 1. The summed E-state index contributed by atoms with van der Waals surface area (Å²) in [5, 5.41) is 8.82. The first-order valence-corrected chi connectivity index (χ1v) is 4.24. The second-order valence-corrected chi connectivity index (χ2v) is 3.44. The Morgan fingerprint density at radius 3 is 2.42 bits per heavy atom. The molecule has 4 heteroatoms. The lowest BCUT2D eigenvalue weighted by Crippen LogP contribution is -2.57. The van der Waals surface area contributed by atoms with E-state index in [4.69, 9.17) is 5.11 Å². The summed E-state index contributed by atoms with van der Waals surface area (Å²) < 4.78 is 0. The standard InChI is InChI=1S/C8H16N2O2/c1-6-7(2)10(8(11)12)5-4-9(6)3/h6-7H,4-5H2,1-3H3,(H,11,12)/t6-,7+/m1/s1. The van der Waals surface area contributed by atoms with E-state index < -0.39 is 6.09 Å². The molecule has 12 heavy (non-hydrogen) atoms.